The molecule has 3 N–H and O–H groups in total. The second-order valence-electron chi connectivity index (χ2n) is 4.75. The largest absolute Gasteiger partial charge is 0.416 e. The molecular formula is C13H13F6NO3. The molecular weight excluding hydrogens is 332 g/mol. The van der Waals surface area contributed by atoms with Crippen molar-refractivity contribution in [2.45, 2.75) is 31.5 Å². The van der Waals surface area contributed by atoms with Crippen molar-refractivity contribution in [3.63, 3.8) is 0 Å². The topological polar surface area (TPSA) is 69.6 Å². The van der Waals surface area contributed by atoms with Crippen LogP contribution in [-0.4, -0.2) is 28.8 Å². The van der Waals surface area contributed by atoms with Crippen LogP contribution in [0, 0.1) is 0 Å². The zero-order valence-corrected chi connectivity index (χ0v) is 11.7. The molecule has 0 fully saturated rings. The molecule has 0 aromatic heterocycles. The Kier molecular flexibility index (Phi) is 5.65. The number of hydrogen-bond donors (Lipinski definition) is 3. The van der Waals surface area contributed by atoms with Gasteiger partial charge in [0, 0.05) is 13.5 Å². The molecule has 130 valence electrons. The molecule has 1 aromatic rings. The highest BCUT2D eigenvalue weighted by molar-refractivity contribution is 5.72. The highest BCUT2D eigenvalue weighted by Gasteiger charge is 2.39. The number of hydrogen-bond acceptors (Lipinski definition) is 3. The standard InChI is InChI=1S/C13H13F6NO3/c1-6(21)20-5-10(22)11(23)8-4-7(12(14,15)16)2-3-9(8)13(17,18)19/h2-4,10-11,22-23H,5H2,1H3,(H,20,21). The fourth-order valence-corrected chi connectivity index (χ4v) is 1.81. The van der Waals surface area contributed by atoms with Crippen molar-refractivity contribution >= 4 is 5.91 Å². The van der Waals surface area contributed by atoms with E-state index in [1.165, 1.54) is 0 Å². The summed E-state index contributed by atoms with van der Waals surface area (Å²) in [7, 11) is 0. The van der Waals surface area contributed by atoms with Crippen molar-refractivity contribution in [3.8, 4) is 0 Å². The number of carbonyl (C=O) groups excluding carboxylic acids is 1. The third-order valence-electron chi connectivity index (χ3n) is 2.93. The van der Waals surface area contributed by atoms with E-state index in [9.17, 15) is 41.4 Å². The third-order valence-corrected chi connectivity index (χ3v) is 2.93. The summed E-state index contributed by atoms with van der Waals surface area (Å²) in [4.78, 5) is 10.7. The molecule has 0 heterocycles. The van der Waals surface area contributed by atoms with Crippen LogP contribution < -0.4 is 5.32 Å². The van der Waals surface area contributed by atoms with Crippen LogP contribution in [0.3, 0.4) is 0 Å². The van der Waals surface area contributed by atoms with Crippen LogP contribution in [0.4, 0.5) is 26.3 Å². The first-order chi connectivity index (χ1) is 10.3. The van der Waals surface area contributed by atoms with Crippen LogP contribution in [0.15, 0.2) is 18.2 Å². The molecule has 0 aliphatic rings. The number of carbonyl (C=O) groups is 1. The van der Waals surface area contributed by atoms with Crippen LogP contribution in [0.1, 0.15) is 29.7 Å². The summed E-state index contributed by atoms with van der Waals surface area (Å²) in [6.45, 7) is 0.439. The van der Waals surface area contributed by atoms with Gasteiger partial charge >= 0.3 is 12.4 Å². The second kappa shape index (κ2) is 6.75. The molecule has 2 atom stereocenters. The molecule has 23 heavy (non-hydrogen) atoms. The second-order valence-corrected chi connectivity index (χ2v) is 4.75. The molecule has 0 saturated heterocycles. The van der Waals surface area contributed by atoms with Crippen molar-refractivity contribution in [2.75, 3.05) is 6.54 Å². The van der Waals surface area contributed by atoms with Gasteiger partial charge in [-0.3, -0.25) is 4.79 Å². The molecule has 0 radical (unpaired) electrons. The number of rotatable bonds is 4. The minimum atomic E-state index is -5.02. The highest BCUT2D eigenvalue weighted by atomic mass is 19.4. The van der Waals surface area contributed by atoms with Crippen molar-refractivity contribution in [3.05, 3.63) is 34.9 Å². The summed E-state index contributed by atoms with van der Waals surface area (Å²) >= 11 is 0. The predicted molar refractivity (Wildman–Crippen MR) is 66.1 cm³/mol. The first kappa shape index (κ1) is 19.2. The van der Waals surface area contributed by atoms with E-state index in [0.29, 0.717) is 0 Å². The van der Waals surface area contributed by atoms with E-state index in [0.717, 1.165) is 6.92 Å². The van der Waals surface area contributed by atoms with Crippen LogP contribution in [0.5, 0.6) is 0 Å². The zero-order chi connectivity index (χ0) is 18.0. The van der Waals surface area contributed by atoms with Gasteiger partial charge in [0.05, 0.1) is 11.1 Å². The molecule has 0 bridgehead atoms. The van der Waals surface area contributed by atoms with Gasteiger partial charge in [-0.15, -0.1) is 0 Å². The SMILES string of the molecule is CC(=O)NCC(O)C(O)c1cc(C(F)(F)F)ccc1C(F)(F)F. The van der Waals surface area contributed by atoms with Crippen LogP contribution >= 0.6 is 0 Å². The lowest BCUT2D eigenvalue weighted by atomic mass is 9.95. The van der Waals surface area contributed by atoms with Gasteiger partial charge in [-0.25, -0.2) is 0 Å². The lowest BCUT2D eigenvalue weighted by Gasteiger charge is -2.23. The lowest BCUT2D eigenvalue weighted by Crippen LogP contribution is -2.35. The van der Waals surface area contributed by atoms with Crippen LogP contribution in [-0.2, 0) is 17.1 Å². The average Bonchev–Trinajstić information content (AvgIpc) is 2.41. The first-order valence-electron chi connectivity index (χ1n) is 6.23. The van der Waals surface area contributed by atoms with Crippen molar-refractivity contribution in [2.24, 2.45) is 0 Å². The van der Waals surface area contributed by atoms with E-state index in [-0.39, 0.29) is 18.2 Å². The number of amides is 1. The number of nitrogens with one attached hydrogen (secondary N) is 1. The summed E-state index contributed by atoms with van der Waals surface area (Å²) < 4.78 is 76.5. The Morgan fingerprint density at radius 2 is 1.70 bits per heavy atom. The highest BCUT2D eigenvalue weighted by Crippen LogP contribution is 2.39. The quantitative estimate of drug-likeness (QED) is 0.733. The monoisotopic (exact) mass is 345 g/mol. The molecule has 2 unspecified atom stereocenters. The number of aliphatic hydroxyl groups is 2. The molecule has 4 nitrogen and oxygen atoms in total. The van der Waals surface area contributed by atoms with Gasteiger partial charge in [0.1, 0.15) is 12.2 Å². The Bertz CT molecular complexity index is 570. The Labute approximate surface area is 126 Å². The number of aliphatic hydroxyl groups excluding tert-OH is 2. The predicted octanol–water partition coefficient (Wildman–Crippen LogP) is 2.25. The normalized spacial score (nSPS) is 15.2. The maximum atomic E-state index is 12.9. The van der Waals surface area contributed by atoms with E-state index in [1.807, 2.05) is 5.32 Å². The number of alkyl halides is 6. The minimum absolute atomic E-state index is 0.129. The van der Waals surface area contributed by atoms with E-state index in [4.69, 9.17) is 0 Å². The molecule has 0 aliphatic carbocycles. The molecule has 0 spiro atoms. The first-order valence-corrected chi connectivity index (χ1v) is 6.23. The molecule has 1 rings (SSSR count). The van der Waals surface area contributed by atoms with Gasteiger partial charge in [-0.1, -0.05) is 0 Å². The molecule has 10 heteroatoms. The van der Waals surface area contributed by atoms with Gasteiger partial charge < -0.3 is 15.5 Å². The fourth-order valence-electron chi connectivity index (χ4n) is 1.81. The zero-order valence-electron chi connectivity index (χ0n) is 11.7. The van der Waals surface area contributed by atoms with E-state index in [2.05, 4.69) is 0 Å². The Balaban J connectivity index is 3.26. The van der Waals surface area contributed by atoms with Gasteiger partial charge in [-0.2, -0.15) is 26.3 Å². The van der Waals surface area contributed by atoms with Gasteiger partial charge in [0.2, 0.25) is 5.91 Å². The van der Waals surface area contributed by atoms with Crippen LogP contribution in [0.25, 0.3) is 0 Å². The Morgan fingerprint density at radius 1 is 1.13 bits per heavy atom. The summed E-state index contributed by atoms with van der Waals surface area (Å²) in [5.41, 5.74) is -4.02. The van der Waals surface area contributed by atoms with E-state index in [1.54, 1.807) is 0 Å². The lowest BCUT2D eigenvalue weighted by molar-refractivity contribution is -0.143. The summed E-state index contributed by atoms with van der Waals surface area (Å²) in [6.07, 6.45) is -14.1. The molecule has 1 aromatic carbocycles. The maximum absolute atomic E-state index is 12.9. The Hall–Kier alpha value is -1.81. The summed E-state index contributed by atoms with van der Waals surface area (Å²) in [6, 6.07) is 0.552. The van der Waals surface area contributed by atoms with Gasteiger partial charge in [0.15, 0.2) is 0 Å². The minimum Gasteiger partial charge on any atom is -0.388 e. The summed E-state index contributed by atoms with van der Waals surface area (Å²) in [5.74, 6) is -0.628. The third kappa shape index (κ3) is 5.10. The Morgan fingerprint density at radius 3 is 2.13 bits per heavy atom. The fraction of sp³-hybridized carbons (Fsp3) is 0.462. The summed E-state index contributed by atoms with van der Waals surface area (Å²) in [5, 5.41) is 21.4. The molecule has 0 aliphatic heterocycles. The average molecular weight is 345 g/mol. The van der Waals surface area contributed by atoms with Gasteiger partial charge in [-0.05, 0) is 23.8 Å². The van der Waals surface area contributed by atoms with Crippen molar-refractivity contribution < 1.29 is 41.4 Å². The maximum Gasteiger partial charge on any atom is 0.416 e. The number of benzene rings is 1. The van der Waals surface area contributed by atoms with Crippen molar-refractivity contribution in [1.82, 2.24) is 5.32 Å². The smallest absolute Gasteiger partial charge is 0.388 e. The van der Waals surface area contributed by atoms with E-state index < -0.39 is 53.7 Å². The molecule has 0 saturated carbocycles. The van der Waals surface area contributed by atoms with Crippen LogP contribution in [0.2, 0.25) is 0 Å². The van der Waals surface area contributed by atoms with Crippen molar-refractivity contribution in [1.29, 1.82) is 0 Å². The van der Waals surface area contributed by atoms with Gasteiger partial charge in [0.25, 0.3) is 0 Å². The molecule has 1 amide bonds. The van der Waals surface area contributed by atoms with E-state index >= 15 is 0 Å². The number of halogens is 6.